The Labute approximate surface area is 116 Å². The molecule has 0 radical (unpaired) electrons. The molecule has 0 saturated carbocycles. The molecular formula is C16H26N2O. The highest BCUT2D eigenvalue weighted by Gasteiger charge is 2.13. The van der Waals surface area contributed by atoms with Crippen LogP contribution in [-0.4, -0.2) is 44.2 Å². The third kappa shape index (κ3) is 4.84. The molecule has 1 aliphatic heterocycles. The maximum atomic E-state index is 5.91. The predicted molar refractivity (Wildman–Crippen MR) is 79.8 cm³/mol. The standard InChI is InChI=1S/C16H26N2O/c1-3-15-5-4-6-16(11-15)19-13-14(2)12-18-9-7-17-8-10-18/h4-6,11,14,17H,3,7-10,12-13H2,1-2H3. The van der Waals surface area contributed by atoms with Gasteiger partial charge in [-0.25, -0.2) is 0 Å². The summed E-state index contributed by atoms with van der Waals surface area (Å²) < 4.78 is 5.91. The van der Waals surface area contributed by atoms with Gasteiger partial charge in [0.25, 0.3) is 0 Å². The van der Waals surface area contributed by atoms with Crippen molar-refractivity contribution in [2.45, 2.75) is 20.3 Å². The first-order valence-corrected chi connectivity index (χ1v) is 7.42. The fourth-order valence-electron chi connectivity index (χ4n) is 2.48. The van der Waals surface area contributed by atoms with E-state index in [1.807, 2.05) is 0 Å². The van der Waals surface area contributed by atoms with Crippen LogP contribution in [0.1, 0.15) is 19.4 Å². The molecular weight excluding hydrogens is 236 g/mol. The highest BCUT2D eigenvalue weighted by Crippen LogP contribution is 2.15. The first-order chi connectivity index (χ1) is 9.28. The second-order valence-corrected chi connectivity index (χ2v) is 5.47. The third-order valence-electron chi connectivity index (χ3n) is 3.62. The number of ether oxygens (including phenoxy) is 1. The number of aryl methyl sites for hydroxylation is 1. The monoisotopic (exact) mass is 262 g/mol. The molecule has 1 aliphatic rings. The number of rotatable bonds is 6. The van der Waals surface area contributed by atoms with E-state index in [2.05, 4.69) is 48.3 Å². The van der Waals surface area contributed by atoms with Crippen molar-refractivity contribution in [3.8, 4) is 5.75 Å². The van der Waals surface area contributed by atoms with E-state index in [1.54, 1.807) is 0 Å². The average molecular weight is 262 g/mol. The number of piperazine rings is 1. The molecule has 3 nitrogen and oxygen atoms in total. The molecule has 1 saturated heterocycles. The van der Waals surface area contributed by atoms with E-state index >= 15 is 0 Å². The summed E-state index contributed by atoms with van der Waals surface area (Å²) in [5, 5.41) is 3.39. The summed E-state index contributed by atoms with van der Waals surface area (Å²) in [4.78, 5) is 2.52. The van der Waals surface area contributed by atoms with Gasteiger partial charge in [-0.2, -0.15) is 0 Å². The van der Waals surface area contributed by atoms with Crippen molar-refractivity contribution in [2.24, 2.45) is 5.92 Å². The highest BCUT2D eigenvalue weighted by molar-refractivity contribution is 5.28. The Morgan fingerprint density at radius 1 is 1.32 bits per heavy atom. The second-order valence-electron chi connectivity index (χ2n) is 5.47. The van der Waals surface area contributed by atoms with Crippen molar-refractivity contribution in [1.82, 2.24) is 10.2 Å². The molecule has 1 N–H and O–H groups in total. The molecule has 0 bridgehead atoms. The van der Waals surface area contributed by atoms with Crippen LogP contribution < -0.4 is 10.1 Å². The van der Waals surface area contributed by atoms with Gasteiger partial charge in [-0.3, -0.25) is 0 Å². The van der Waals surface area contributed by atoms with Gasteiger partial charge < -0.3 is 15.0 Å². The van der Waals surface area contributed by atoms with Gasteiger partial charge in [0.2, 0.25) is 0 Å². The molecule has 3 heteroatoms. The first kappa shape index (κ1) is 14.4. The Kier molecular flexibility index (Phi) is 5.67. The van der Waals surface area contributed by atoms with E-state index in [1.165, 1.54) is 5.56 Å². The van der Waals surface area contributed by atoms with E-state index < -0.39 is 0 Å². The minimum absolute atomic E-state index is 0.573. The summed E-state index contributed by atoms with van der Waals surface area (Å²) in [5.41, 5.74) is 1.34. The zero-order chi connectivity index (χ0) is 13.5. The quantitative estimate of drug-likeness (QED) is 0.850. The molecule has 0 aliphatic carbocycles. The van der Waals surface area contributed by atoms with Gasteiger partial charge in [0, 0.05) is 38.6 Å². The third-order valence-corrected chi connectivity index (χ3v) is 3.62. The van der Waals surface area contributed by atoms with Gasteiger partial charge >= 0.3 is 0 Å². The maximum absolute atomic E-state index is 5.91. The molecule has 106 valence electrons. The van der Waals surface area contributed by atoms with Crippen molar-refractivity contribution in [3.63, 3.8) is 0 Å². The Morgan fingerprint density at radius 3 is 2.84 bits per heavy atom. The summed E-state index contributed by atoms with van der Waals surface area (Å²) in [5.74, 6) is 1.58. The molecule has 1 fully saturated rings. The Hall–Kier alpha value is -1.06. The second kappa shape index (κ2) is 7.51. The lowest BCUT2D eigenvalue weighted by Gasteiger charge is -2.29. The Bertz CT molecular complexity index is 375. The zero-order valence-electron chi connectivity index (χ0n) is 12.2. The summed E-state index contributed by atoms with van der Waals surface area (Å²) in [6, 6.07) is 8.43. The highest BCUT2D eigenvalue weighted by atomic mass is 16.5. The maximum Gasteiger partial charge on any atom is 0.119 e. The van der Waals surface area contributed by atoms with E-state index in [0.29, 0.717) is 5.92 Å². The van der Waals surface area contributed by atoms with Crippen molar-refractivity contribution in [2.75, 3.05) is 39.3 Å². The van der Waals surface area contributed by atoms with Crippen molar-refractivity contribution >= 4 is 0 Å². The van der Waals surface area contributed by atoms with Gasteiger partial charge in [-0.05, 0) is 24.1 Å². The van der Waals surface area contributed by atoms with Crippen molar-refractivity contribution in [3.05, 3.63) is 29.8 Å². The van der Waals surface area contributed by atoms with Crippen molar-refractivity contribution < 1.29 is 4.74 Å². The molecule has 0 amide bonds. The van der Waals surface area contributed by atoms with E-state index in [9.17, 15) is 0 Å². The Morgan fingerprint density at radius 2 is 2.11 bits per heavy atom. The normalized spacial score (nSPS) is 18.2. The van der Waals surface area contributed by atoms with Crippen LogP contribution in [0.3, 0.4) is 0 Å². The molecule has 1 aromatic rings. The molecule has 2 rings (SSSR count). The molecule has 1 aromatic carbocycles. The fraction of sp³-hybridized carbons (Fsp3) is 0.625. The van der Waals surface area contributed by atoms with Crippen LogP contribution in [0.4, 0.5) is 0 Å². The lowest BCUT2D eigenvalue weighted by molar-refractivity contribution is 0.171. The summed E-state index contributed by atoms with van der Waals surface area (Å²) in [6.45, 7) is 10.9. The van der Waals surface area contributed by atoms with E-state index in [0.717, 1.165) is 51.5 Å². The van der Waals surface area contributed by atoms with Gasteiger partial charge in [0.15, 0.2) is 0 Å². The minimum Gasteiger partial charge on any atom is -0.493 e. The van der Waals surface area contributed by atoms with Gasteiger partial charge in [0.1, 0.15) is 5.75 Å². The van der Waals surface area contributed by atoms with Gasteiger partial charge in [-0.1, -0.05) is 26.0 Å². The van der Waals surface area contributed by atoms with Crippen LogP contribution in [0, 0.1) is 5.92 Å². The summed E-state index contributed by atoms with van der Waals surface area (Å²) in [7, 11) is 0. The van der Waals surface area contributed by atoms with Gasteiger partial charge in [-0.15, -0.1) is 0 Å². The number of nitrogens with zero attached hydrogens (tertiary/aromatic N) is 1. The predicted octanol–water partition coefficient (Wildman–Crippen LogP) is 2.17. The van der Waals surface area contributed by atoms with Gasteiger partial charge in [0.05, 0.1) is 6.61 Å². The number of benzene rings is 1. The average Bonchev–Trinajstić information content (AvgIpc) is 2.46. The molecule has 1 atom stereocenters. The van der Waals surface area contributed by atoms with Crippen LogP contribution >= 0.6 is 0 Å². The number of nitrogens with one attached hydrogen (secondary N) is 1. The van der Waals surface area contributed by atoms with E-state index in [4.69, 9.17) is 4.74 Å². The fourth-order valence-corrected chi connectivity index (χ4v) is 2.48. The SMILES string of the molecule is CCc1cccc(OCC(C)CN2CCNCC2)c1. The summed E-state index contributed by atoms with van der Waals surface area (Å²) in [6.07, 6.45) is 1.06. The molecule has 1 unspecified atom stereocenters. The lowest BCUT2D eigenvalue weighted by atomic mass is 10.1. The van der Waals surface area contributed by atoms with Crippen LogP contribution in [0.15, 0.2) is 24.3 Å². The van der Waals surface area contributed by atoms with Crippen LogP contribution in [0.2, 0.25) is 0 Å². The number of hydrogen-bond acceptors (Lipinski definition) is 3. The lowest BCUT2D eigenvalue weighted by Crippen LogP contribution is -2.45. The smallest absolute Gasteiger partial charge is 0.119 e. The number of hydrogen-bond donors (Lipinski definition) is 1. The minimum atomic E-state index is 0.573. The van der Waals surface area contributed by atoms with Crippen LogP contribution in [0.25, 0.3) is 0 Å². The molecule has 19 heavy (non-hydrogen) atoms. The largest absolute Gasteiger partial charge is 0.493 e. The molecule has 0 aromatic heterocycles. The van der Waals surface area contributed by atoms with E-state index in [-0.39, 0.29) is 0 Å². The first-order valence-electron chi connectivity index (χ1n) is 7.42. The summed E-state index contributed by atoms with van der Waals surface area (Å²) >= 11 is 0. The van der Waals surface area contributed by atoms with Crippen molar-refractivity contribution in [1.29, 1.82) is 0 Å². The topological polar surface area (TPSA) is 24.5 Å². The van der Waals surface area contributed by atoms with Crippen LogP contribution in [-0.2, 0) is 6.42 Å². The molecule has 0 spiro atoms. The zero-order valence-corrected chi connectivity index (χ0v) is 12.2. The molecule has 1 heterocycles. The Balaban J connectivity index is 1.74. The van der Waals surface area contributed by atoms with Crippen LogP contribution in [0.5, 0.6) is 5.75 Å².